The monoisotopic (exact) mass is 341 g/mol. The average Bonchev–Trinajstić information content (AvgIpc) is 3.47. The van der Waals surface area contributed by atoms with Gasteiger partial charge in [-0.2, -0.15) is 5.10 Å². The lowest BCUT2D eigenvalue weighted by Crippen LogP contribution is -2.38. The molecular weight excluding hydrogens is 318 g/mol. The summed E-state index contributed by atoms with van der Waals surface area (Å²) in [6.07, 6.45) is 2.86. The number of ether oxygens (including phenoxy) is 1. The van der Waals surface area contributed by atoms with Crippen LogP contribution in [-0.4, -0.2) is 29.3 Å². The second-order valence-corrected chi connectivity index (χ2v) is 6.34. The largest absolute Gasteiger partial charge is 0.496 e. The number of nitrogens with zero attached hydrogens (tertiary/aromatic N) is 2. The van der Waals surface area contributed by atoms with Gasteiger partial charge in [-0.05, 0) is 43.9 Å². The van der Waals surface area contributed by atoms with E-state index in [-0.39, 0.29) is 11.5 Å². The van der Waals surface area contributed by atoms with Crippen molar-refractivity contribution in [1.29, 1.82) is 0 Å². The molecule has 0 radical (unpaired) electrons. The van der Waals surface area contributed by atoms with Gasteiger partial charge in [0, 0.05) is 18.5 Å². The minimum absolute atomic E-state index is 0.211. The van der Waals surface area contributed by atoms with Gasteiger partial charge in [0.15, 0.2) is 0 Å². The van der Waals surface area contributed by atoms with Crippen molar-refractivity contribution in [3.05, 3.63) is 58.0 Å². The molecule has 1 N–H and O–H groups in total. The van der Waals surface area contributed by atoms with E-state index in [1.807, 2.05) is 24.3 Å². The Bertz CT molecular complexity index is 812. The first-order chi connectivity index (χ1) is 12.1. The van der Waals surface area contributed by atoms with E-state index in [4.69, 9.17) is 4.74 Å². The molecule has 1 saturated carbocycles. The van der Waals surface area contributed by atoms with Gasteiger partial charge < -0.3 is 10.1 Å². The van der Waals surface area contributed by atoms with E-state index < -0.39 is 6.04 Å². The molecule has 3 rings (SSSR count). The Morgan fingerprint density at radius 2 is 2.08 bits per heavy atom. The van der Waals surface area contributed by atoms with Crippen LogP contribution in [0.4, 0.5) is 0 Å². The van der Waals surface area contributed by atoms with Crippen LogP contribution in [0.5, 0.6) is 5.75 Å². The van der Waals surface area contributed by atoms with E-state index in [0.717, 1.165) is 29.8 Å². The third-order valence-corrected chi connectivity index (χ3v) is 4.47. The number of hydrogen-bond donors (Lipinski definition) is 1. The van der Waals surface area contributed by atoms with Crippen LogP contribution in [-0.2, 0) is 11.2 Å². The van der Waals surface area contributed by atoms with Gasteiger partial charge in [-0.3, -0.25) is 9.59 Å². The number of amides is 1. The van der Waals surface area contributed by atoms with Gasteiger partial charge >= 0.3 is 0 Å². The van der Waals surface area contributed by atoms with Crippen LogP contribution in [0.2, 0.25) is 0 Å². The summed E-state index contributed by atoms with van der Waals surface area (Å²) < 4.78 is 6.59. The summed E-state index contributed by atoms with van der Waals surface area (Å²) in [4.78, 5) is 24.4. The van der Waals surface area contributed by atoms with E-state index in [1.54, 1.807) is 20.1 Å². The number of rotatable bonds is 7. The summed E-state index contributed by atoms with van der Waals surface area (Å²) in [7, 11) is 1.63. The highest BCUT2D eigenvalue weighted by molar-refractivity contribution is 5.79. The predicted molar refractivity (Wildman–Crippen MR) is 94.9 cm³/mol. The van der Waals surface area contributed by atoms with Crippen LogP contribution < -0.4 is 15.6 Å². The molecule has 0 saturated heterocycles. The fourth-order valence-corrected chi connectivity index (χ4v) is 2.80. The summed E-state index contributed by atoms with van der Waals surface area (Å²) >= 11 is 0. The van der Waals surface area contributed by atoms with Crippen molar-refractivity contribution in [3.8, 4) is 5.75 Å². The average molecular weight is 341 g/mol. The number of benzene rings is 1. The van der Waals surface area contributed by atoms with Crippen molar-refractivity contribution < 1.29 is 9.53 Å². The Morgan fingerprint density at radius 1 is 1.32 bits per heavy atom. The molecule has 1 aromatic carbocycles. The van der Waals surface area contributed by atoms with Crippen molar-refractivity contribution in [2.75, 3.05) is 13.7 Å². The Hall–Kier alpha value is -2.63. The zero-order valence-electron chi connectivity index (χ0n) is 14.6. The van der Waals surface area contributed by atoms with Gasteiger partial charge in [0.25, 0.3) is 5.56 Å². The first-order valence-corrected chi connectivity index (χ1v) is 8.59. The maximum Gasteiger partial charge on any atom is 0.267 e. The lowest BCUT2D eigenvalue weighted by atomic mass is 10.1. The van der Waals surface area contributed by atoms with Crippen LogP contribution in [0.3, 0.4) is 0 Å². The highest BCUT2D eigenvalue weighted by Crippen LogP contribution is 2.38. The number of carbonyl (C=O) groups is 1. The van der Waals surface area contributed by atoms with Crippen LogP contribution in [0.25, 0.3) is 0 Å². The number of nitrogens with one attached hydrogen (secondary N) is 1. The molecule has 25 heavy (non-hydrogen) atoms. The standard InChI is InChI=1S/C19H23N3O3/c1-13(22-18(23)10-9-16(21-22)14-7-8-14)19(24)20-12-11-15-5-3-4-6-17(15)25-2/h3-6,9-10,13-14H,7-8,11-12H2,1-2H3,(H,20,24). The second kappa shape index (κ2) is 7.51. The molecule has 1 aliphatic carbocycles. The van der Waals surface area contributed by atoms with Crippen LogP contribution in [0.1, 0.15) is 43.0 Å². The molecule has 0 spiro atoms. The highest BCUT2D eigenvalue weighted by atomic mass is 16.5. The molecule has 1 aliphatic rings. The predicted octanol–water partition coefficient (Wildman–Crippen LogP) is 2.05. The summed E-state index contributed by atoms with van der Waals surface area (Å²) in [6.45, 7) is 2.17. The Kier molecular flexibility index (Phi) is 5.16. The van der Waals surface area contributed by atoms with Crippen LogP contribution >= 0.6 is 0 Å². The van der Waals surface area contributed by atoms with Gasteiger partial charge in [0.05, 0.1) is 12.8 Å². The molecule has 1 fully saturated rings. The minimum atomic E-state index is -0.635. The van der Waals surface area contributed by atoms with Crippen LogP contribution in [0, 0.1) is 0 Å². The Balaban J connectivity index is 1.61. The molecule has 1 heterocycles. The van der Waals surface area contributed by atoms with E-state index in [9.17, 15) is 9.59 Å². The number of aromatic nitrogens is 2. The van der Waals surface area contributed by atoms with E-state index in [2.05, 4.69) is 10.4 Å². The first-order valence-electron chi connectivity index (χ1n) is 8.59. The molecule has 6 heteroatoms. The zero-order chi connectivity index (χ0) is 17.8. The van der Waals surface area contributed by atoms with Crippen molar-refractivity contribution in [2.24, 2.45) is 0 Å². The minimum Gasteiger partial charge on any atom is -0.496 e. The molecule has 132 valence electrons. The maximum absolute atomic E-state index is 12.4. The Morgan fingerprint density at radius 3 is 2.80 bits per heavy atom. The number of carbonyl (C=O) groups excluding carboxylic acids is 1. The summed E-state index contributed by atoms with van der Waals surface area (Å²) in [5.74, 6) is 1.03. The van der Waals surface area contributed by atoms with Gasteiger partial charge in [0.2, 0.25) is 5.91 Å². The molecule has 1 aromatic heterocycles. The molecule has 1 unspecified atom stereocenters. The SMILES string of the molecule is COc1ccccc1CCNC(=O)C(C)n1nc(C2CC2)ccc1=O. The van der Waals surface area contributed by atoms with Gasteiger partial charge in [0.1, 0.15) is 11.8 Å². The lowest BCUT2D eigenvalue weighted by molar-refractivity contribution is -0.124. The van der Waals surface area contributed by atoms with Crippen molar-refractivity contribution in [2.45, 2.75) is 38.1 Å². The topological polar surface area (TPSA) is 73.2 Å². The fraction of sp³-hybridized carbons (Fsp3) is 0.421. The number of para-hydroxylation sites is 1. The molecule has 6 nitrogen and oxygen atoms in total. The molecule has 2 aromatic rings. The van der Waals surface area contributed by atoms with E-state index in [0.29, 0.717) is 18.9 Å². The molecule has 1 amide bonds. The van der Waals surface area contributed by atoms with Gasteiger partial charge in [-0.1, -0.05) is 18.2 Å². The second-order valence-electron chi connectivity index (χ2n) is 6.34. The Labute approximate surface area is 146 Å². The highest BCUT2D eigenvalue weighted by Gasteiger charge is 2.27. The smallest absolute Gasteiger partial charge is 0.267 e. The van der Waals surface area contributed by atoms with Crippen LogP contribution in [0.15, 0.2) is 41.2 Å². The lowest BCUT2D eigenvalue weighted by Gasteiger charge is -2.15. The van der Waals surface area contributed by atoms with E-state index in [1.165, 1.54) is 10.7 Å². The van der Waals surface area contributed by atoms with Crippen molar-refractivity contribution in [1.82, 2.24) is 15.1 Å². The third-order valence-electron chi connectivity index (χ3n) is 4.47. The van der Waals surface area contributed by atoms with Crippen molar-refractivity contribution >= 4 is 5.91 Å². The number of hydrogen-bond acceptors (Lipinski definition) is 4. The maximum atomic E-state index is 12.4. The molecular formula is C19H23N3O3. The molecule has 1 atom stereocenters. The normalized spacial score (nSPS) is 14.8. The van der Waals surface area contributed by atoms with Gasteiger partial charge in [-0.25, -0.2) is 4.68 Å². The quantitative estimate of drug-likeness (QED) is 0.836. The van der Waals surface area contributed by atoms with Crippen molar-refractivity contribution in [3.63, 3.8) is 0 Å². The molecule has 0 bridgehead atoms. The zero-order valence-corrected chi connectivity index (χ0v) is 14.6. The molecule has 0 aliphatic heterocycles. The fourth-order valence-electron chi connectivity index (χ4n) is 2.80. The van der Waals surface area contributed by atoms with E-state index >= 15 is 0 Å². The van der Waals surface area contributed by atoms with Gasteiger partial charge in [-0.15, -0.1) is 0 Å². The summed E-state index contributed by atoms with van der Waals surface area (Å²) in [5, 5.41) is 7.25. The first kappa shape index (κ1) is 17.2. The number of methoxy groups -OCH3 is 1. The summed E-state index contributed by atoms with van der Waals surface area (Å²) in [5.41, 5.74) is 1.68. The summed E-state index contributed by atoms with van der Waals surface area (Å²) in [6, 6.07) is 10.3. The third kappa shape index (κ3) is 4.07.